The van der Waals surface area contributed by atoms with Gasteiger partial charge in [0.05, 0.1) is 14.2 Å². The molecule has 0 heterocycles. The third kappa shape index (κ3) is 4.16. The van der Waals surface area contributed by atoms with E-state index in [1.807, 2.05) is 0 Å². The molecular weight excluding hydrogens is 232 g/mol. The van der Waals surface area contributed by atoms with E-state index in [0.29, 0.717) is 23.7 Å². The fourth-order valence-electron chi connectivity index (χ4n) is 1.47. The summed E-state index contributed by atoms with van der Waals surface area (Å²) in [6.07, 6.45) is 2.02. The molecule has 1 aromatic carbocycles. The quantitative estimate of drug-likeness (QED) is 0.765. The van der Waals surface area contributed by atoms with Gasteiger partial charge in [-0.2, -0.15) is 0 Å². The van der Waals surface area contributed by atoms with Crippen LogP contribution in [0.1, 0.15) is 19.8 Å². The van der Waals surface area contributed by atoms with Crippen molar-refractivity contribution < 1.29 is 14.3 Å². The highest BCUT2D eigenvalue weighted by molar-refractivity contribution is 5.89. The first-order valence-corrected chi connectivity index (χ1v) is 5.98. The first-order valence-electron chi connectivity index (χ1n) is 5.98. The molecule has 0 atom stereocenters. The topological polar surface area (TPSA) is 59.6 Å². The molecule has 1 rings (SSSR count). The average Bonchev–Trinajstić information content (AvgIpc) is 2.39. The van der Waals surface area contributed by atoms with Crippen LogP contribution < -0.4 is 20.1 Å². The van der Waals surface area contributed by atoms with Gasteiger partial charge in [0.2, 0.25) is 0 Å². The van der Waals surface area contributed by atoms with E-state index in [1.54, 1.807) is 32.4 Å². The van der Waals surface area contributed by atoms with Crippen LogP contribution in [0.3, 0.4) is 0 Å². The number of methoxy groups -OCH3 is 2. The molecule has 0 saturated heterocycles. The van der Waals surface area contributed by atoms with Crippen LogP contribution in [0.15, 0.2) is 18.2 Å². The average molecular weight is 252 g/mol. The first-order chi connectivity index (χ1) is 8.71. The second-order valence-electron chi connectivity index (χ2n) is 3.80. The van der Waals surface area contributed by atoms with Crippen molar-refractivity contribution in [3.8, 4) is 11.5 Å². The fraction of sp³-hybridized carbons (Fsp3) is 0.462. The van der Waals surface area contributed by atoms with E-state index in [4.69, 9.17) is 9.47 Å². The number of hydrogen-bond acceptors (Lipinski definition) is 3. The van der Waals surface area contributed by atoms with E-state index >= 15 is 0 Å². The summed E-state index contributed by atoms with van der Waals surface area (Å²) in [5.74, 6) is 1.22. The zero-order chi connectivity index (χ0) is 13.4. The molecule has 0 aliphatic rings. The van der Waals surface area contributed by atoms with Gasteiger partial charge < -0.3 is 20.1 Å². The lowest BCUT2D eigenvalue weighted by Gasteiger charge is -2.11. The standard InChI is InChI=1S/C13H20N2O3/c1-4-5-8-14-13(16)15-10-6-7-11(17-2)12(9-10)18-3/h6-7,9H,4-5,8H2,1-3H3,(H2,14,15,16). The Morgan fingerprint density at radius 3 is 2.56 bits per heavy atom. The largest absolute Gasteiger partial charge is 0.493 e. The zero-order valence-electron chi connectivity index (χ0n) is 11.1. The van der Waals surface area contributed by atoms with Crippen molar-refractivity contribution in [1.82, 2.24) is 5.32 Å². The number of carbonyl (C=O) groups excluding carboxylic acids is 1. The lowest BCUT2D eigenvalue weighted by molar-refractivity contribution is 0.252. The van der Waals surface area contributed by atoms with Crippen LogP contribution in [0.25, 0.3) is 0 Å². The van der Waals surface area contributed by atoms with E-state index in [0.717, 1.165) is 12.8 Å². The molecule has 0 spiro atoms. The van der Waals surface area contributed by atoms with Gasteiger partial charge in [0.15, 0.2) is 11.5 Å². The summed E-state index contributed by atoms with van der Waals surface area (Å²) < 4.78 is 10.3. The lowest BCUT2D eigenvalue weighted by Crippen LogP contribution is -2.29. The lowest BCUT2D eigenvalue weighted by atomic mass is 10.3. The summed E-state index contributed by atoms with van der Waals surface area (Å²) in [6.45, 7) is 2.75. The third-order valence-electron chi connectivity index (χ3n) is 2.46. The molecule has 2 N–H and O–H groups in total. The Labute approximate surface area is 107 Å². The number of hydrogen-bond donors (Lipinski definition) is 2. The summed E-state index contributed by atoms with van der Waals surface area (Å²) >= 11 is 0. The number of anilines is 1. The van der Waals surface area contributed by atoms with Gasteiger partial charge >= 0.3 is 6.03 Å². The Balaban J connectivity index is 2.59. The molecule has 0 radical (unpaired) electrons. The second-order valence-corrected chi connectivity index (χ2v) is 3.80. The summed E-state index contributed by atoms with van der Waals surface area (Å²) in [4.78, 5) is 11.5. The van der Waals surface area contributed by atoms with Crippen molar-refractivity contribution in [3.05, 3.63) is 18.2 Å². The molecule has 1 aromatic rings. The fourth-order valence-corrected chi connectivity index (χ4v) is 1.47. The number of carbonyl (C=O) groups is 1. The van der Waals surface area contributed by atoms with Gasteiger partial charge in [0.25, 0.3) is 0 Å². The van der Waals surface area contributed by atoms with Crippen LogP contribution in [0.2, 0.25) is 0 Å². The first kappa shape index (κ1) is 14.2. The van der Waals surface area contributed by atoms with Crippen molar-refractivity contribution in [2.45, 2.75) is 19.8 Å². The number of urea groups is 1. The minimum atomic E-state index is -0.212. The van der Waals surface area contributed by atoms with Crippen LogP contribution in [0.5, 0.6) is 11.5 Å². The number of rotatable bonds is 6. The maximum atomic E-state index is 11.5. The maximum Gasteiger partial charge on any atom is 0.319 e. The molecule has 100 valence electrons. The smallest absolute Gasteiger partial charge is 0.319 e. The van der Waals surface area contributed by atoms with E-state index in [-0.39, 0.29) is 6.03 Å². The maximum absolute atomic E-state index is 11.5. The van der Waals surface area contributed by atoms with Crippen molar-refractivity contribution in [1.29, 1.82) is 0 Å². The highest BCUT2D eigenvalue weighted by Crippen LogP contribution is 2.29. The molecular formula is C13H20N2O3. The second kappa shape index (κ2) is 7.42. The minimum absolute atomic E-state index is 0.212. The minimum Gasteiger partial charge on any atom is -0.493 e. The summed E-state index contributed by atoms with van der Waals surface area (Å²) in [5.41, 5.74) is 0.668. The van der Waals surface area contributed by atoms with Gasteiger partial charge in [0, 0.05) is 18.3 Å². The van der Waals surface area contributed by atoms with Crippen LogP contribution in [0.4, 0.5) is 10.5 Å². The van der Waals surface area contributed by atoms with E-state index < -0.39 is 0 Å². The molecule has 2 amide bonds. The van der Waals surface area contributed by atoms with E-state index in [9.17, 15) is 4.79 Å². The number of benzene rings is 1. The van der Waals surface area contributed by atoms with Gasteiger partial charge in [-0.15, -0.1) is 0 Å². The molecule has 0 fully saturated rings. The number of amides is 2. The predicted molar refractivity (Wildman–Crippen MR) is 71.5 cm³/mol. The van der Waals surface area contributed by atoms with Gasteiger partial charge in [-0.25, -0.2) is 4.79 Å². The molecule has 0 saturated carbocycles. The molecule has 0 unspecified atom stereocenters. The predicted octanol–water partition coefficient (Wildman–Crippen LogP) is 2.63. The van der Waals surface area contributed by atoms with Crippen molar-refractivity contribution in [2.24, 2.45) is 0 Å². The zero-order valence-corrected chi connectivity index (χ0v) is 11.1. The number of unbranched alkanes of at least 4 members (excludes halogenated alkanes) is 1. The Hall–Kier alpha value is -1.91. The molecule has 5 heteroatoms. The molecule has 0 bridgehead atoms. The Morgan fingerprint density at radius 2 is 1.94 bits per heavy atom. The molecule has 0 aliphatic carbocycles. The summed E-state index contributed by atoms with van der Waals surface area (Å²) in [5, 5.41) is 5.52. The Kier molecular flexibility index (Phi) is 5.84. The van der Waals surface area contributed by atoms with Crippen molar-refractivity contribution >= 4 is 11.7 Å². The van der Waals surface area contributed by atoms with Gasteiger partial charge in [-0.05, 0) is 18.6 Å². The Morgan fingerprint density at radius 1 is 1.22 bits per heavy atom. The highest BCUT2D eigenvalue weighted by atomic mass is 16.5. The van der Waals surface area contributed by atoms with Gasteiger partial charge in [-0.1, -0.05) is 13.3 Å². The monoisotopic (exact) mass is 252 g/mol. The van der Waals surface area contributed by atoms with Crippen LogP contribution in [-0.2, 0) is 0 Å². The molecule has 18 heavy (non-hydrogen) atoms. The van der Waals surface area contributed by atoms with E-state index in [1.165, 1.54) is 0 Å². The highest BCUT2D eigenvalue weighted by Gasteiger charge is 2.06. The number of nitrogens with one attached hydrogen (secondary N) is 2. The number of ether oxygens (including phenoxy) is 2. The third-order valence-corrected chi connectivity index (χ3v) is 2.46. The molecule has 0 aromatic heterocycles. The summed E-state index contributed by atoms with van der Waals surface area (Å²) in [7, 11) is 3.13. The van der Waals surface area contributed by atoms with Crippen molar-refractivity contribution in [3.63, 3.8) is 0 Å². The van der Waals surface area contributed by atoms with Gasteiger partial charge in [-0.3, -0.25) is 0 Å². The SMILES string of the molecule is CCCCNC(=O)Nc1ccc(OC)c(OC)c1. The molecule has 0 aliphatic heterocycles. The van der Waals surface area contributed by atoms with E-state index in [2.05, 4.69) is 17.6 Å². The summed E-state index contributed by atoms with van der Waals surface area (Å²) in [6, 6.07) is 5.02. The Bertz CT molecular complexity index is 394. The normalized spacial score (nSPS) is 9.72. The van der Waals surface area contributed by atoms with Crippen LogP contribution >= 0.6 is 0 Å². The van der Waals surface area contributed by atoms with Crippen LogP contribution in [0, 0.1) is 0 Å². The van der Waals surface area contributed by atoms with Crippen molar-refractivity contribution in [2.75, 3.05) is 26.1 Å². The molecule has 5 nitrogen and oxygen atoms in total. The van der Waals surface area contributed by atoms with Gasteiger partial charge in [0.1, 0.15) is 0 Å². The van der Waals surface area contributed by atoms with Crippen LogP contribution in [-0.4, -0.2) is 26.8 Å².